The lowest BCUT2D eigenvalue weighted by molar-refractivity contribution is 0.0687. The summed E-state index contributed by atoms with van der Waals surface area (Å²) in [6.07, 6.45) is 0.836. The molecule has 4 rings (SSSR count). The van der Waals surface area contributed by atoms with Crippen LogP contribution >= 0.6 is 0 Å². The number of carboxylic acid groups (broad SMARTS) is 2. The maximum absolute atomic E-state index is 11.7. The fourth-order valence-corrected chi connectivity index (χ4v) is 3.38. The monoisotopic (exact) mass is 375 g/mol. The summed E-state index contributed by atoms with van der Waals surface area (Å²) < 4.78 is 5.87. The zero-order valence-electron chi connectivity index (χ0n) is 15.0. The van der Waals surface area contributed by atoms with Gasteiger partial charge in [0, 0.05) is 5.69 Å². The van der Waals surface area contributed by atoms with Crippen LogP contribution in [-0.4, -0.2) is 22.2 Å². The summed E-state index contributed by atoms with van der Waals surface area (Å²) in [7, 11) is 0. The van der Waals surface area contributed by atoms with Crippen molar-refractivity contribution in [1.82, 2.24) is 0 Å². The van der Waals surface area contributed by atoms with E-state index >= 15 is 0 Å². The highest BCUT2D eigenvalue weighted by molar-refractivity contribution is 6.01. The molecule has 140 valence electrons. The molecule has 0 amide bonds. The molecule has 2 N–H and O–H groups in total. The van der Waals surface area contributed by atoms with Crippen LogP contribution < -0.4 is 9.64 Å². The molecule has 3 aromatic carbocycles. The van der Waals surface area contributed by atoms with Gasteiger partial charge in [-0.1, -0.05) is 31.2 Å². The Morgan fingerprint density at radius 2 is 1.39 bits per heavy atom. The van der Waals surface area contributed by atoms with Gasteiger partial charge in [-0.25, -0.2) is 9.59 Å². The lowest BCUT2D eigenvalue weighted by atomic mass is 10.0. The first-order valence-corrected chi connectivity index (χ1v) is 8.80. The Morgan fingerprint density at radius 3 is 1.89 bits per heavy atom. The minimum Gasteiger partial charge on any atom is -0.478 e. The van der Waals surface area contributed by atoms with Crippen molar-refractivity contribution in [1.29, 1.82) is 0 Å². The van der Waals surface area contributed by atoms with E-state index in [0.29, 0.717) is 11.4 Å². The number of carbonyl (C=O) groups is 2. The molecule has 0 radical (unpaired) electrons. The molecule has 0 aromatic heterocycles. The summed E-state index contributed by atoms with van der Waals surface area (Å²) in [5, 5.41) is 19.2. The predicted octanol–water partition coefficient (Wildman–Crippen LogP) is 5.22. The number of aryl methyl sites for hydroxylation is 1. The van der Waals surface area contributed by atoms with Gasteiger partial charge in [-0.05, 0) is 48.4 Å². The average Bonchev–Trinajstić information content (AvgIpc) is 2.70. The number of para-hydroxylation sites is 2. The molecule has 1 heterocycles. The van der Waals surface area contributed by atoms with Crippen molar-refractivity contribution in [3.05, 3.63) is 77.4 Å². The van der Waals surface area contributed by atoms with E-state index in [9.17, 15) is 19.8 Å². The first-order chi connectivity index (χ1) is 13.5. The Labute approximate surface area is 161 Å². The predicted molar refractivity (Wildman–Crippen MR) is 104 cm³/mol. The van der Waals surface area contributed by atoms with Crippen molar-refractivity contribution >= 4 is 29.0 Å². The molecule has 28 heavy (non-hydrogen) atoms. The van der Waals surface area contributed by atoms with E-state index < -0.39 is 11.9 Å². The Balaban J connectivity index is 2.03. The molecule has 0 aliphatic carbocycles. The molecule has 0 saturated heterocycles. The van der Waals surface area contributed by atoms with Crippen molar-refractivity contribution in [3.63, 3.8) is 0 Å². The Kier molecular flexibility index (Phi) is 4.24. The van der Waals surface area contributed by atoms with Gasteiger partial charge in [-0.3, -0.25) is 0 Å². The number of rotatable bonds is 4. The first-order valence-electron chi connectivity index (χ1n) is 8.80. The summed E-state index contributed by atoms with van der Waals surface area (Å²) in [6, 6.07) is 17.5. The lowest BCUT2D eigenvalue weighted by Gasteiger charge is -2.34. The summed E-state index contributed by atoms with van der Waals surface area (Å²) >= 11 is 0. The minimum absolute atomic E-state index is 0.0278. The van der Waals surface area contributed by atoms with Gasteiger partial charge in [0.05, 0.1) is 11.4 Å². The number of hydrogen-bond acceptors (Lipinski definition) is 4. The smallest absolute Gasteiger partial charge is 0.339 e. The topological polar surface area (TPSA) is 87.1 Å². The molecule has 6 nitrogen and oxygen atoms in total. The number of benzene rings is 3. The molecular formula is C22H17NO5. The second-order valence-corrected chi connectivity index (χ2v) is 6.38. The van der Waals surface area contributed by atoms with E-state index in [2.05, 4.69) is 0 Å². The van der Waals surface area contributed by atoms with Crippen LogP contribution in [0.5, 0.6) is 11.5 Å². The Bertz CT molecular complexity index is 1040. The molecule has 0 bridgehead atoms. The van der Waals surface area contributed by atoms with Crippen LogP contribution in [0.4, 0.5) is 17.1 Å². The van der Waals surface area contributed by atoms with Crippen molar-refractivity contribution in [2.75, 3.05) is 4.90 Å². The van der Waals surface area contributed by atoms with Crippen LogP contribution in [0.2, 0.25) is 0 Å². The third-order valence-electron chi connectivity index (χ3n) is 4.71. The van der Waals surface area contributed by atoms with Gasteiger partial charge in [-0.15, -0.1) is 0 Å². The van der Waals surface area contributed by atoms with Crippen LogP contribution in [0.15, 0.2) is 60.7 Å². The number of aromatic carboxylic acids is 2. The highest BCUT2D eigenvalue weighted by Gasteiger charge is 2.32. The van der Waals surface area contributed by atoms with E-state index in [0.717, 1.165) is 17.7 Å². The van der Waals surface area contributed by atoms with Crippen LogP contribution in [-0.2, 0) is 6.42 Å². The van der Waals surface area contributed by atoms with Crippen LogP contribution in [0.1, 0.15) is 33.2 Å². The van der Waals surface area contributed by atoms with Gasteiger partial charge in [0.25, 0.3) is 0 Å². The molecule has 0 unspecified atom stereocenters. The van der Waals surface area contributed by atoms with Crippen molar-refractivity contribution in [3.8, 4) is 11.5 Å². The molecule has 0 fully saturated rings. The first kappa shape index (κ1) is 17.6. The molecule has 0 spiro atoms. The fraction of sp³-hybridized carbons (Fsp3) is 0.0909. The van der Waals surface area contributed by atoms with E-state index in [4.69, 9.17) is 4.74 Å². The van der Waals surface area contributed by atoms with Crippen molar-refractivity contribution < 1.29 is 24.5 Å². The SMILES string of the molecule is CCc1cccc(N2c3cccc(C(=O)O)c3Oc3c(C(=O)O)cccc32)c1. The highest BCUT2D eigenvalue weighted by atomic mass is 16.5. The van der Waals surface area contributed by atoms with E-state index in [-0.39, 0.29) is 22.6 Å². The number of ether oxygens (including phenoxy) is 1. The maximum Gasteiger partial charge on any atom is 0.339 e. The fourth-order valence-electron chi connectivity index (χ4n) is 3.38. The summed E-state index contributed by atoms with van der Waals surface area (Å²) in [4.78, 5) is 25.3. The molecule has 0 atom stereocenters. The number of carboxylic acids is 2. The number of fused-ring (bicyclic) bond motifs is 2. The van der Waals surface area contributed by atoms with Crippen LogP contribution in [0.3, 0.4) is 0 Å². The second kappa shape index (κ2) is 6.74. The second-order valence-electron chi connectivity index (χ2n) is 6.38. The van der Waals surface area contributed by atoms with Gasteiger partial charge in [0.15, 0.2) is 11.5 Å². The van der Waals surface area contributed by atoms with Gasteiger partial charge >= 0.3 is 11.9 Å². The minimum atomic E-state index is -1.14. The maximum atomic E-state index is 11.7. The molecule has 1 aliphatic heterocycles. The van der Waals surface area contributed by atoms with Crippen LogP contribution in [0.25, 0.3) is 0 Å². The lowest BCUT2D eigenvalue weighted by Crippen LogP contribution is -2.19. The quantitative estimate of drug-likeness (QED) is 0.508. The zero-order valence-corrected chi connectivity index (χ0v) is 15.0. The number of anilines is 3. The Hall–Kier alpha value is -3.80. The molecule has 6 heteroatoms. The normalized spacial score (nSPS) is 12.0. The van der Waals surface area contributed by atoms with Crippen LogP contribution in [0, 0.1) is 0 Å². The summed E-state index contributed by atoms with van der Waals surface area (Å²) in [5.74, 6) is -2.04. The summed E-state index contributed by atoms with van der Waals surface area (Å²) in [6.45, 7) is 2.05. The standard InChI is InChI=1S/C22H17NO5/c1-2-13-6-3-7-14(12-13)23-17-10-4-8-15(21(24)25)19(17)28-20-16(22(26)27)9-5-11-18(20)23/h3-12H,2H2,1H3,(H,24,25)(H,26,27). The average molecular weight is 375 g/mol. The number of nitrogens with zero attached hydrogens (tertiary/aromatic N) is 1. The molecule has 1 aliphatic rings. The number of hydrogen-bond donors (Lipinski definition) is 2. The van der Waals surface area contributed by atoms with Gasteiger partial charge < -0.3 is 19.8 Å². The Morgan fingerprint density at radius 1 is 0.857 bits per heavy atom. The largest absolute Gasteiger partial charge is 0.478 e. The zero-order chi connectivity index (χ0) is 19.8. The molecular weight excluding hydrogens is 358 g/mol. The van der Waals surface area contributed by atoms with Gasteiger partial charge in [0.2, 0.25) is 0 Å². The van der Waals surface area contributed by atoms with E-state index in [1.165, 1.54) is 12.1 Å². The molecule has 3 aromatic rings. The van der Waals surface area contributed by atoms with Gasteiger partial charge in [-0.2, -0.15) is 0 Å². The highest BCUT2D eigenvalue weighted by Crippen LogP contribution is 2.52. The third-order valence-corrected chi connectivity index (χ3v) is 4.71. The van der Waals surface area contributed by atoms with Gasteiger partial charge in [0.1, 0.15) is 11.1 Å². The van der Waals surface area contributed by atoms with Crippen molar-refractivity contribution in [2.24, 2.45) is 0 Å². The molecule has 0 saturated carbocycles. The third kappa shape index (κ3) is 2.75. The van der Waals surface area contributed by atoms with Crippen molar-refractivity contribution in [2.45, 2.75) is 13.3 Å². The van der Waals surface area contributed by atoms with E-state index in [1.54, 1.807) is 24.3 Å². The summed E-state index contributed by atoms with van der Waals surface area (Å²) in [5.41, 5.74) is 2.94. The van der Waals surface area contributed by atoms with E-state index in [1.807, 2.05) is 36.1 Å².